The maximum absolute atomic E-state index is 5.81. The Labute approximate surface area is 136 Å². The molecule has 0 aliphatic heterocycles. The number of nitrogens with zero attached hydrogens (tertiary/aromatic N) is 1. The molecular formula is C19H20N2O2. The van der Waals surface area contributed by atoms with E-state index in [-0.39, 0.29) is 0 Å². The van der Waals surface area contributed by atoms with Gasteiger partial charge in [0.1, 0.15) is 5.75 Å². The van der Waals surface area contributed by atoms with Crippen LogP contribution in [0.2, 0.25) is 0 Å². The number of nitrogens with one attached hydrogen (secondary N) is 1. The third kappa shape index (κ3) is 3.54. The summed E-state index contributed by atoms with van der Waals surface area (Å²) in [4.78, 5) is 4.34. The van der Waals surface area contributed by atoms with Crippen LogP contribution in [0.5, 0.6) is 5.75 Å². The fraction of sp³-hybridized carbons (Fsp3) is 0.211. The van der Waals surface area contributed by atoms with Crippen molar-refractivity contribution in [2.75, 3.05) is 12.4 Å². The van der Waals surface area contributed by atoms with E-state index in [4.69, 9.17) is 9.15 Å². The molecule has 3 aromatic rings. The number of anilines is 1. The lowest BCUT2D eigenvalue weighted by atomic mass is 10.1. The summed E-state index contributed by atoms with van der Waals surface area (Å²) in [5, 5.41) is 3.36. The largest absolute Gasteiger partial charge is 0.497 e. The molecule has 3 rings (SSSR count). The van der Waals surface area contributed by atoms with Crippen molar-refractivity contribution < 1.29 is 9.15 Å². The molecule has 4 heteroatoms. The van der Waals surface area contributed by atoms with Crippen molar-refractivity contribution in [2.24, 2.45) is 0 Å². The van der Waals surface area contributed by atoms with E-state index >= 15 is 0 Å². The molecule has 0 saturated carbocycles. The summed E-state index contributed by atoms with van der Waals surface area (Å²) in [6.07, 6.45) is 1.75. The Morgan fingerprint density at radius 2 is 1.87 bits per heavy atom. The number of hydrogen-bond acceptors (Lipinski definition) is 4. The Hall–Kier alpha value is -2.75. The highest BCUT2D eigenvalue weighted by Crippen LogP contribution is 2.24. The van der Waals surface area contributed by atoms with Crippen molar-refractivity contribution in [1.29, 1.82) is 0 Å². The standard InChI is InChI=1S/C19H20N2O2/c1-13-4-9-17(14(2)10-13)20-12-19-21-11-18(23-19)15-5-7-16(22-3)8-6-15/h4-11,20H,12H2,1-3H3. The molecule has 0 spiro atoms. The fourth-order valence-corrected chi connectivity index (χ4v) is 2.46. The first-order valence-electron chi connectivity index (χ1n) is 7.56. The first-order chi connectivity index (χ1) is 11.2. The van der Waals surface area contributed by atoms with Gasteiger partial charge in [0.25, 0.3) is 0 Å². The lowest BCUT2D eigenvalue weighted by Crippen LogP contribution is -2.01. The van der Waals surface area contributed by atoms with E-state index in [1.807, 2.05) is 24.3 Å². The molecule has 0 unspecified atom stereocenters. The molecule has 118 valence electrons. The van der Waals surface area contributed by atoms with E-state index in [9.17, 15) is 0 Å². The van der Waals surface area contributed by atoms with Crippen molar-refractivity contribution in [3.63, 3.8) is 0 Å². The molecule has 1 heterocycles. The summed E-state index contributed by atoms with van der Waals surface area (Å²) >= 11 is 0. The van der Waals surface area contributed by atoms with Crippen molar-refractivity contribution in [2.45, 2.75) is 20.4 Å². The van der Waals surface area contributed by atoms with Gasteiger partial charge in [-0.05, 0) is 49.7 Å². The van der Waals surface area contributed by atoms with Crippen LogP contribution in [-0.2, 0) is 6.54 Å². The predicted octanol–water partition coefficient (Wildman–Crippen LogP) is 4.58. The topological polar surface area (TPSA) is 47.3 Å². The van der Waals surface area contributed by atoms with Gasteiger partial charge in [-0.1, -0.05) is 17.7 Å². The Morgan fingerprint density at radius 1 is 1.09 bits per heavy atom. The van der Waals surface area contributed by atoms with Gasteiger partial charge in [-0.3, -0.25) is 0 Å². The van der Waals surface area contributed by atoms with Gasteiger partial charge in [0.15, 0.2) is 5.76 Å². The molecule has 0 aliphatic carbocycles. The lowest BCUT2D eigenvalue weighted by molar-refractivity contribution is 0.415. The molecule has 0 bridgehead atoms. The first kappa shape index (κ1) is 15.2. The van der Waals surface area contributed by atoms with Gasteiger partial charge >= 0.3 is 0 Å². The molecule has 4 nitrogen and oxygen atoms in total. The van der Waals surface area contributed by atoms with Crippen LogP contribution in [0.15, 0.2) is 53.1 Å². The van der Waals surface area contributed by atoms with Crippen LogP contribution < -0.4 is 10.1 Å². The van der Waals surface area contributed by atoms with Gasteiger partial charge in [0.05, 0.1) is 19.9 Å². The molecule has 0 amide bonds. The molecule has 0 fully saturated rings. The normalized spacial score (nSPS) is 10.6. The zero-order valence-electron chi connectivity index (χ0n) is 13.6. The summed E-state index contributed by atoms with van der Waals surface area (Å²) in [6, 6.07) is 14.1. The summed E-state index contributed by atoms with van der Waals surface area (Å²) in [6.45, 7) is 4.74. The van der Waals surface area contributed by atoms with Gasteiger partial charge in [-0.15, -0.1) is 0 Å². The highest BCUT2D eigenvalue weighted by atomic mass is 16.5. The van der Waals surface area contributed by atoms with Crippen molar-refractivity contribution in [3.8, 4) is 17.1 Å². The second-order valence-corrected chi connectivity index (χ2v) is 5.52. The maximum atomic E-state index is 5.81. The molecule has 0 aliphatic rings. The Morgan fingerprint density at radius 3 is 2.57 bits per heavy atom. The number of ether oxygens (including phenoxy) is 1. The predicted molar refractivity (Wildman–Crippen MR) is 91.7 cm³/mol. The van der Waals surface area contributed by atoms with E-state index in [0.29, 0.717) is 12.4 Å². The third-order valence-electron chi connectivity index (χ3n) is 3.74. The fourth-order valence-electron chi connectivity index (χ4n) is 2.46. The van der Waals surface area contributed by atoms with E-state index < -0.39 is 0 Å². The van der Waals surface area contributed by atoms with Crippen LogP contribution >= 0.6 is 0 Å². The van der Waals surface area contributed by atoms with Crippen LogP contribution in [0.3, 0.4) is 0 Å². The Kier molecular flexibility index (Phi) is 4.33. The molecule has 0 radical (unpaired) electrons. The van der Waals surface area contributed by atoms with Crippen LogP contribution in [0.1, 0.15) is 17.0 Å². The summed E-state index contributed by atoms with van der Waals surface area (Å²) < 4.78 is 11.0. The smallest absolute Gasteiger partial charge is 0.214 e. The Balaban J connectivity index is 1.69. The number of methoxy groups -OCH3 is 1. The van der Waals surface area contributed by atoms with Crippen LogP contribution in [0.4, 0.5) is 5.69 Å². The van der Waals surface area contributed by atoms with E-state index in [1.165, 1.54) is 11.1 Å². The molecule has 1 aromatic heterocycles. The second kappa shape index (κ2) is 6.57. The zero-order valence-corrected chi connectivity index (χ0v) is 13.6. The first-order valence-corrected chi connectivity index (χ1v) is 7.56. The molecule has 0 atom stereocenters. The highest BCUT2D eigenvalue weighted by molar-refractivity contribution is 5.57. The molecule has 23 heavy (non-hydrogen) atoms. The average Bonchev–Trinajstić information content (AvgIpc) is 3.03. The van der Waals surface area contributed by atoms with Gasteiger partial charge in [-0.2, -0.15) is 0 Å². The quantitative estimate of drug-likeness (QED) is 0.749. The number of aryl methyl sites for hydroxylation is 2. The molecule has 2 aromatic carbocycles. The number of rotatable bonds is 5. The Bertz CT molecular complexity index is 791. The van der Waals surface area contributed by atoms with Gasteiger partial charge in [-0.25, -0.2) is 4.98 Å². The van der Waals surface area contributed by atoms with Crippen molar-refractivity contribution >= 4 is 5.69 Å². The molecule has 0 saturated heterocycles. The lowest BCUT2D eigenvalue weighted by Gasteiger charge is -2.08. The molecular weight excluding hydrogens is 288 g/mol. The number of aromatic nitrogens is 1. The number of oxazole rings is 1. The van der Waals surface area contributed by atoms with E-state index in [1.54, 1.807) is 13.3 Å². The summed E-state index contributed by atoms with van der Waals surface area (Å²) in [5.74, 6) is 2.24. The van der Waals surface area contributed by atoms with E-state index in [0.717, 1.165) is 22.8 Å². The minimum Gasteiger partial charge on any atom is -0.497 e. The van der Waals surface area contributed by atoms with Crippen molar-refractivity contribution in [1.82, 2.24) is 4.98 Å². The van der Waals surface area contributed by atoms with Crippen LogP contribution in [-0.4, -0.2) is 12.1 Å². The van der Waals surface area contributed by atoms with Gasteiger partial charge in [0, 0.05) is 11.3 Å². The monoisotopic (exact) mass is 308 g/mol. The number of hydrogen-bond donors (Lipinski definition) is 1. The minimum atomic E-state index is 0.556. The average molecular weight is 308 g/mol. The SMILES string of the molecule is COc1ccc(-c2cnc(CNc3ccc(C)cc3C)o2)cc1. The summed E-state index contributed by atoms with van der Waals surface area (Å²) in [7, 11) is 1.65. The minimum absolute atomic E-state index is 0.556. The van der Waals surface area contributed by atoms with Gasteiger partial charge in [0.2, 0.25) is 5.89 Å². The van der Waals surface area contributed by atoms with Crippen LogP contribution in [0, 0.1) is 13.8 Å². The van der Waals surface area contributed by atoms with Crippen molar-refractivity contribution in [3.05, 3.63) is 65.7 Å². The van der Waals surface area contributed by atoms with Crippen LogP contribution in [0.25, 0.3) is 11.3 Å². The van der Waals surface area contributed by atoms with E-state index in [2.05, 4.69) is 42.3 Å². The maximum Gasteiger partial charge on any atom is 0.214 e. The highest BCUT2D eigenvalue weighted by Gasteiger charge is 2.07. The zero-order chi connectivity index (χ0) is 16.2. The van der Waals surface area contributed by atoms with Gasteiger partial charge < -0.3 is 14.5 Å². The third-order valence-corrected chi connectivity index (χ3v) is 3.74. The number of benzene rings is 2. The molecule has 1 N–H and O–H groups in total. The second-order valence-electron chi connectivity index (χ2n) is 5.52. The summed E-state index contributed by atoms with van der Waals surface area (Å²) in [5.41, 5.74) is 4.55.